The van der Waals surface area contributed by atoms with E-state index < -0.39 is 0 Å². The number of benzene rings is 9. The summed E-state index contributed by atoms with van der Waals surface area (Å²) in [6, 6.07) is 54.7. The van der Waals surface area contributed by atoms with Crippen LogP contribution in [0.25, 0.3) is 116 Å². The summed E-state index contributed by atoms with van der Waals surface area (Å²) in [5.74, 6) is 0.944. The minimum Gasteiger partial charge on any atom is -0.485 e. The van der Waals surface area contributed by atoms with Crippen LogP contribution in [0.3, 0.4) is 0 Å². The Morgan fingerprint density at radius 3 is 1.84 bits per heavy atom. The molecule has 9 aromatic carbocycles. The van der Waals surface area contributed by atoms with Gasteiger partial charge in [-0.25, -0.2) is 0 Å². The standard InChI is InChI=1S/C52H30O3/c1-7-29-9-3-17-45-49(29)37(11-1)39-15-5-13-35-33(21-25-47(54-45)51(35)39)31-19-23-43-41(27-31)42-28-32(20-24-44(42)53-43)34-22-26-48-52-36(34)14-6-16-40(52)38-12-2-8-30-10-4-18-46(55-48)50(30)38/h1-17,19-28,46H,18H2. The molecule has 1 aliphatic heterocycles. The monoisotopic (exact) mass is 702 g/mol. The van der Waals surface area contributed by atoms with Gasteiger partial charge in [0.1, 0.15) is 34.2 Å². The predicted octanol–water partition coefficient (Wildman–Crippen LogP) is 14.8. The van der Waals surface area contributed by atoms with E-state index >= 15 is 0 Å². The molecule has 11 aromatic rings. The van der Waals surface area contributed by atoms with E-state index in [0.717, 1.165) is 78.1 Å². The topological polar surface area (TPSA) is 35.5 Å². The lowest BCUT2D eigenvalue weighted by Gasteiger charge is -2.23. The van der Waals surface area contributed by atoms with Gasteiger partial charge in [0.2, 0.25) is 0 Å². The molecule has 0 fully saturated rings. The van der Waals surface area contributed by atoms with E-state index in [1.807, 2.05) is 0 Å². The summed E-state index contributed by atoms with van der Waals surface area (Å²) in [5.41, 5.74) is 13.2. The first kappa shape index (κ1) is 29.4. The zero-order valence-electron chi connectivity index (χ0n) is 29.6. The maximum Gasteiger partial charge on any atom is 0.135 e. The van der Waals surface area contributed by atoms with Gasteiger partial charge in [-0.15, -0.1) is 0 Å². The summed E-state index contributed by atoms with van der Waals surface area (Å²) in [4.78, 5) is 0. The summed E-state index contributed by atoms with van der Waals surface area (Å²) < 4.78 is 20.0. The van der Waals surface area contributed by atoms with Crippen molar-refractivity contribution in [3.63, 3.8) is 0 Å². The second kappa shape index (κ2) is 10.7. The average molecular weight is 703 g/mol. The Labute approximate surface area is 315 Å². The Morgan fingerprint density at radius 1 is 0.418 bits per heavy atom. The Kier molecular flexibility index (Phi) is 5.74. The van der Waals surface area contributed by atoms with Gasteiger partial charge in [0, 0.05) is 38.9 Å². The van der Waals surface area contributed by atoms with E-state index in [0.29, 0.717) is 0 Å². The first-order chi connectivity index (χ1) is 27.2. The maximum atomic E-state index is 6.82. The minimum atomic E-state index is 0.00543. The number of ether oxygens (including phenoxy) is 1. The van der Waals surface area contributed by atoms with Crippen molar-refractivity contribution in [2.75, 3.05) is 0 Å². The highest BCUT2D eigenvalue weighted by Crippen LogP contribution is 2.49. The normalized spacial score (nSPS) is 14.7. The lowest BCUT2D eigenvalue weighted by Crippen LogP contribution is -2.10. The van der Waals surface area contributed by atoms with Crippen LogP contribution < -0.4 is 4.74 Å². The van der Waals surface area contributed by atoms with E-state index in [1.165, 1.54) is 54.7 Å². The molecule has 0 spiro atoms. The zero-order chi connectivity index (χ0) is 35.8. The highest BCUT2D eigenvalue weighted by atomic mass is 16.5. The fourth-order valence-electron chi connectivity index (χ4n) is 9.75. The van der Waals surface area contributed by atoms with E-state index in [1.54, 1.807) is 0 Å². The molecule has 0 saturated heterocycles. The van der Waals surface area contributed by atoms with Gasteiger partial charge < -0.3 is 13.6 Å². The molecule has 3 heteroatoms. The Morgan fingerprint density at radius 2 is 1.02 bits per heavy atom. The number of rotatable bonds is 2. The molecule has 13 rings (SSSR count). The third-order valence-corrected chi connectivity index (χ3v) is 12.1. The van der Waals surface area contributed by atoms with Crippen molar-refractivity contribution in [2.24, 2.45) is 0 Å². The molecule has 256 valence electrons. The van der Waals surface area contributed by atoms with E-state index in [-0.39, 0.29) is 6.10 Å². The molecule has 0 amide bonds. The van der Waals surface area contributed by atoms with Crippen molar-refractivity contribution in [1.29, 1.82) is 0 Å². The maximum absolute atomic E-state index is 6.82. The highest BCUT2D eigenvalue weighted by molar-refractivity contribution is 6.25. The minimum absolute atomic E-state index is 0.00543. The quantitative estimate of drug-likeness (QED) is 0.180. The Hall–Kier alpha value is -7.10. The van der Waals surface area contributed by atoms with Gasteiger partial charge in [0.05, 0.1) is 0 Å². The van der Waals surface area contributed by atoms with Crippen LogP contribution in [-0.4, -0.2) is 0 Å². The number of furan rings is 1. The van der Waals surface area contributed by atoms with Crippen LogP contribution in [0.15, 0.2) is 167 Å². The first-order valence-corrected chi connectivity index (χ1v) is 19.0. The molecule has 0 saturated carbocycles. The lowest BCUT2D eigenvalue weighted by molar-refractivity contribution is 0.212. The van der Waals surface area contributed by atoms with Crippen LogP contribution in [0, 0.1) is 0 Å². The summed E-state index contributed by atoms with van der Waals surface area (Å²) in [6.07, 6.45) is 5.34. The van der Waals surface area contributed by atoms with E-state index in [9.17, 15) is 0 Å². The fraction of sp³-hybridized carbons (Fsp3) is 0.0385. The van der Waals surface area contributed by atoms with E-state index in [2.05, 4.69) is 164 Å². The van der Waals surface area contributed by atoms with Crippen molar-refractivity contribution in [3.05, 3.63) is 169 Å². The summed E-state index contributed by atoms with van der Waals surface area (Å²) in [7, 11) is 0. The molecule has 3 heterocycles. The predicted molar refractivity (Wildman–Crippen MR) is 227 cm³/mol. The van der Waals surface area contributed by atoms with Crippen molar-refractivity contribution in [1.82, 2.24) is 0 Å². The third-order valence-electron chi connectivity index (χ3n) is 12.1. The van der Waals surface area contributed by atoms with Gasteiger partial charge >= 0.3 is 0 Å². The SMILES string of the molecule is C1=Cc2cccc3c2C(C1)Oc1ccc(-c2ccc4oc5ccc(-c6ccc7oc8cccc9cccc(c%10cccc6c7%10)c98)cc5c4c2)c2cccc-3c12. The fourth-order valence-corrected chi connectivity index (χ4v) is 9.75. The molecule has 0 bridgehead atoms. The molecule has 55 heavy (non-hydrogen) atoms. The molecule has 0 radical (unpaired) electrons. The number of hydrogen-bond donors (Lipinski definition) is 0. The highest BCUT2D eigenvalue weighted by Gasteiger charge is 2.28. The van der Waals surface area contributed by atoms with Crippen LogP contribution in [0.1, 0.15) is 23.7 Å². The van der Waals surface area contributed by atoms with Crippen LogP contribution in [0.2, 0.25) is 0 Å². The second-order valence-electron chi connectivity index (χ2n) is 15.0. The molecular weight excluding hydrogens is 673 g/mol. The molecule has 1 aliphatic carbocycles. The third kappa shape index (κ3) is 4.04. The van der Waals surface area contributed by atoms with Crippen LogP contribution >= 0.6 is 0 Å². The van der Waals surface area contributed by atoms with Gasteiger partial charge in [0.15, 0.2) is 0 Å². The smallest absolute Gasteiger partial charge is 0.135 e. The average Bonchev–Trinajstić information content (AvgIpc) is 3.45. The van der Waals surface area contributed by atoms with Crippen molar-refractivity contribution < 1.29 is 13.6 Å². The van der Waals surface area contributed by atoms with Crippen LogP contribution in [0.4, 0.5) is 0 Å². The molecule has 2 aromatic heterocycles. The van der Waals surface area contributed by atoms with Gasteiger partial charge in [-0.2, -0.15) is 0 Å². The van der Waals surface area contributed by atoms with Gasteiger partial charge in [-0.3, -0.25) is 0 Å². The molecule has 2 aliphatic rings. The van der Waals surface area contributed by atoms with Gasteiger partial charge in [-0.05, 0) is 108 Å². The summed E-state index contributed by atoms with van der Waals surface area (Å²) in [6.45, 7) is 0. The van der Waals surface area contributed by atoms with Crippen molar-refractivity contribution in [3.8, 4) is 39.1 Å². The second-order valence-corrected chi connectivity index (χ2v) is 15.0. The molecular formula is C52H30O3. The zero-order valence-corrected chi connectivity index (χ0v) is 29.6. The number of fused-ring (bicyclic) bond motifs is 5. The molecule has 0 N–H and O–H groups in total. The summed E-state index contributed by atoms with van der Waals surface area (Å²) >= 11 is 0. The van der Waals surface area contributed by atoms with Crippen LogP contribution in [0.5, 0.6) is 5.75 Å². The van der Waals surface area contributed by atoms with Gasteiger partial charge in [0.25, 0.3) is 0 Å². The van der Waals surface area contributed by atoms with Crippen molar-refractivity contribution in [2.45, 2.75) is 12.5 Å². The first-order valence-electron chi connectivity index (χ1n) is 19.0. The summed E-state index contributed by atoms with van der Waals surface area (Å²) in [5, 5.41) is 11.6. The van der Waals surface area contributed by atoms with Crippen LogP contribution in [-0.2, 0) is 0 Å². The number of hydrogen-bond acceptors (Lipinski definition) is 3. The van der Waals surface area contributed by atoms with E-state index in [4.69, 9.17) is 13.6 Å². The molecule has 1 unspecified atom stereocenters. The van der Waals surface area contributed by atoms with Gasteiger partial charge in [-0.1, -0.05) is 121 Å². The Bertz CT molecular complexity index is 3500. The molecule has 1 atom stereocenters. The molecule has 3 nitrogen and oxygen atoms in total. The van der Waals surface area contributed by atoms with Crippen molar-refractivity contribution >= 4 is 82.3 Å². The largest absolute Gasteiger partial charge is 0.485 e. The lowest BCUT2D eigenvalue weighted by atomic mass is 9.86. The Balaban J connectivity index is 0.999.